The van der Waals surface area contributed by atoms with E-state index in [0.29, 0.717) is 16.5 Å². The van der Waals surface area contributed by atoms with Crippen LogP contribution in [0.25, 0.3) is 0 Å². The summed E-state index contributed by atoms with van der Waals surface area (Å²) in [6.45, 7) is 0. The van der Waals surface area contributed by atoms with Crippen molar-refractivity contribution < 1.29 is 9.53 Å². The smallest absolute Gasteiger partial charge is 0.357 e. The highest BCUT2D eigenvalue weighted by Gasteiger charge is 2.26. The first-order valence-electron chi connectivity index (χ1n) is 4.64. The fraction of sp³-hybridized carbons (Fsp3) is 0.111. The van der Waals surface area contributed by atoms with Gasteiger partial charge in [-0.1, -0.05) is 11.6 Å². The minimum atomic E-state index is -0.516. The third-order valence-electron chi connectivity index (χ3n) is 2.08. The lowest BCUT2D eigenvalue weighted by molar-refractivity contribution is -0.136. The Labute approximate surface area is 102 Å². The number of ether oxygens (including phenoxy) is 1. The third-order valence-corrected chi connectivity index (χ3v) is 2.35. The largest absolute Gasteiger partial charge is 0.464 e. The highest BCUT2D eigenvalue weighted by atomic mass is 35.5. The molecule has 0 bridgehead atoms. The highest BCUT2D eigenvalue weighted by molar-refractivity contribution is 6.33. The number of methoxy groups -OCH3 is 1. The monoisotopic (exact) mass is 255 g/mol. The molecule has 0 atom stereocenters. The van der Waals surface area contributed by atoms with Gasteiger partial charge in [0.15, 0.2) is 11.5 Å². The number of hydrogen-bond donors (Lipinski definition) is 3. The quantitative estimate of drug-likeness (QED) is 0.648. The van der Waals surface area contributed by atoms with E-state index in [4.69, 9.17) is 17.3 Å². The molecule has 7 nitrogen and oxygen atoms in total. The molecule has 8 heteroatoms. The number of hydrazine groups is 2. The van der Waals surface area contributed by atoms with Crippen LogP contribution in [-0.4, -0.2) is 18.1 Å². The maximum absolute atomic E-state index is 11.5. The number of pyridine rings is 1. The Morgan fingerprint density at radius 3 is 3.06 bits per heavy atom. The number of nitrogens with two attached hydrogens (primary N) is 1. The Bertz CT molecular complexity index is 490. The van der Waals surface area contributed by atoms with Crippen LogP contribution in [0, 0.1) is 0 Å². The van der Waals surface area contributed by atoms with Crippen molar-refractivity contribution in [3.8, 4) is 0 Å². The zero-order valence-corrected chi connectivity index (χ0v) is 9.65. The molecule has 0 aromatic carbocycles. The Morgan fingerprint density at radius 2 is 2.41 bits per heavy atom. The summed E-state index contributed by atoms with van der Waals surface area (Å²) in [4.78, 5) is 15.5. The van der Waals surface area contributed by atoms with Crippen molar-refractivity contribution in [3.05, 3.63) is 29.2 Å². The molecule has 0 aliphatic carbocycles. The van der Waals surface area contributed by atoms with Crippen LogP contribution in [0.2, 0.25) is 5.02 Å². The van der Waals surface area contributed by atoms with Gasteiger partial charge < -0.3 is 15.9 Å². The topological polar surface area (TPSA) is 92.5 Å². The second kappa shape index (κ2) is 4.48. The van der Waals surface area contributed by atoms with Gasteiger partial charge in [0.1, 0.15) is 0 Å². The predicted octanol–water partition coefficient (Wildman–Crippen LogP) is 0.161. The van der Waals surface area contributed by atoms with Crippen LogP contribution in [0.3, 0.4) is 0 Å². The van der Waals surface area contributed by atoms with Crippen LogP contribution in [-0.2, 0) is 9.53 Å². The summed E-state index contributed by atoms with van der Waals surface area (Å²) in [6.07, 6.45) is 2.89. The fourth-order valence-corrected chi connectivity index (χ4v) is 1.58. The third kappa shape index (κ3) is 2.10. The summed E-state index contributed by atoms with van der Waals surface area (Å²) in [6, 6.07) is 1.54. The number of halogens is 1. The standard InChI is InChI=1S/C9H10ClN5O2/c1-17-9(16)7-4-13-14-15(7)8-6(10)2-5(11)3-12-8/h2-4,13-14H,11H2,1H3. The minimum absolute atomic E-state index is 0.242. The number of carbonyl (C=O) groups excluding carboxylic acids is 1. The number of nitrogen functional groups attached to an aromatic ring is 1. The van der Waals surface area contributed by atoms with Crippen LogP contribution in [0.4, 0.5) is 11.5 Å². The van der Waals surface area contributed by atoms with Crippen molar-refractivity contribution in [1.82, 2.24) is 15.9 Å². The number of nitrogens with zero attached hydrogens (tertiary/aromatic N) is 2. The molecule has 0 radical (unpaired) electrons. The van der Waals surface area contributed by atoms with Crippen molar-refractivity contribution in [2.45, 2.75) is 0 Å². The maximum Gasteiger partial charge on any atom is 0.357 e. The second-order valence-electron chi connectivity index (χ2n) is 3.19. The molecule has 0 fully saturated rings. The lowest BCUT2D eigenvalue weighted by Gasteiger charge is -2.19. The maximum atomic E-state index is 11.5. The molecule has 4 N–H and O–H groups in total. The number of anilines is 2. The van der Waals surface area contributed by atoms with E-state index >= 15 is 0 Å². The van der Waals surface area contributed by atoms with E-state index < -0.39 is 5.97 Å². The Hall–Kier alpha value is -1.99. The summed E-state index contributed by atoms with van der Waals surface area (Å²) in [5.41, 5.74) is 11.6. The van der Waals surface area contributed by atoms with Crippen molar-refractivity contribution >= 4 is 29.1 Å². The van der Waals surface area contributed by atoms with Crippen LogP contribution in [0.1, 0.15) is 0 Å². The Morgan fingerprint density at radius 1 is 1.65 bits per heavy atom. The molecule has 1 aromatic heterocycles. The van der Waals surface area contributed by atoms with Crippen LogP contribution < -0.4 is 21.7 Å². The molecule has 0 saturated heterocycles. The van der Waals surface area contributed by atoms with Gasteiger partial charge in [0.2, 0.25) is 0 Å². The molecule has 0 saturated carbocycles. The first-order valence-corrected chi connectivity index (χ1v) is 5.02. The summed E-state index contributed by atoms with van der Waals surface area (Å²) in [5, 5.41) is 1.68. The van der Waals surface area contributed by atoms with Gasteiger partial charge in [-0.05, 0) is 6.07 Å². The van der Waals surface area contributed by atoms with Crippen LogP contribution >= 0.6 is 11.6 Å². The van der Waals surface area contributed by atoms with Crippen molar-refractivity contribution in [3.63, 3.8) is 0 Å². The normalized spacial score (nSPS) is 14.2. The lowest BCUT2D eigenvalue weighted by Crippen LogP contribution is -2.40. The van der Waals surface area contributed by atoms with Gasteiger partial charge in [-0.15, -0.1) is 5.53 Å². The molecule has 0 unspecified atom stereocenters. The van der Waals surface area contributed by atoms with E-state index in [9.17, 15) is 4.79 Å². The number of carbonyl (C=O) groups is 1. The first-order chi connectivity index (χ1) is 8.13. The summed E-state index contributed by atoms with van der Waals surface area (Å²) >= 11 is 5.99. The summed E-state index contributed by atoms with van der Waals surface area (Å²) in [7, 11) is 1.29. The SMILES string of the molecule is COC(=O)C1=CNNN1c1ncc(N)cc1Cl. The van der Waals surface area contributed by atoms with Gasteiger partial charge in [-0.2, -0.15) is 0 Å². The van der Waals surface area contributed by atoms with Crippen LogP contribution in [0.15, 0.2) is 24.2 Å². The van der Waals surface area contributed by atoms with Gasteiger partial charge >= 0.3 is 5.97 Å². The van der Waals surface area contributed by atoms with Crippen molar-refractivity contribution in [1.29, 1.82) is 0 Å². The molecule has 1 aliphatic rings. The molecular weight excluding hydrogens is 246 g/mol. The molecular formula is C9H10ClN5O2. The number of aromatic nitrogens is 1. The fourth-order valence-electron chi connectivity index (χ4n) is 1.32. The van der Waals surface area contributed by atoms with Crippen LogP contribution in [0.5, 0.6) is 0 Å². The molecule has 0 spiro atoms. The summed E-state index contributed by atoms with van der Waals surface area (Å²) < 4.78 is 4.63. The van der Waals surface area contributed by atoms with Gasteiger partial charge in [0.05, 0.1) is 24.0 Å². The highest BCUT2D eigenvalue weighted by Crippen LogP contribution is 2.27. The number of hydrogen-bond acceptors (Lipinski definition) is 7. The molecule has 2 rings (SSSR count). The Kier molecular flexibility index (Phi) is 3.03. The van der Waals surface area contributed by atoms with Crippen molar-refractivity contribution in [2.75, 3.05) is 17.9 Å². The molecule has 0 amide bonds. The molecule has 2 heterocycles. The van der Waals surface area contributed by atoms with E-state index in [-0.39, 0.29) is 5.70 Å². The predicted molar refractivity (Wildman–Crippen MR) is 62.5 cm³/mol. The van der Waals surface area contributed by atoms with Gasteiger partial charge in [0.25, 0.3) is 0 Å². The van der Waals surface area contributed by atoms with E-state index in [2.05, 4.69) is 20.7 Å². The molecule has 1 aromatic rings. The Balaban J connectivity index is 2.34. The second-order valence-corrected chi connectivity index (χ2v) is 3.59. The van der Waals surface area contributed by atoms with Gasteiger partial charge in [-0.3, -0.25) is 0 Å². The molecule has 17 heavy (non-hydrogen) atoms. The number of nitrogens with one attached hydrogen (secondary N) is 2. The molecule has 90 valence electrons. The van der Waals surface area contributed by atoms with Gasteiger partial charge in [0, 0.05) is 6.20 Å². The van der Waals surface area contributed by atoms with Gasteiger partial charge in [-0.25, -0.2) is 14.8 Å². The minimum Gasteiger partial charge on any atom is -0.464 e. The van der Waals surface area contributed by atoms with Crippen molar-refractivity contribution in [2.24, 2.45) is 0 Å². The first kappa shape index (κ1) is 11.5. The number of rotatable bonds is 2. The van der Waals surface area contributed by atoms with E-state index in [0.717, 1.165) is 0 Å². The average molecular weight is 256 g/mol. The number of esters is 1. The van der Waals surface area contributed by atoms with E-state index in [1.807, 2.05) is 0 Å². The summed E-state index contributed by atoms with van der Waals surface area (Å²) in [5.74, 6) is -0.167. The van der Waals surface area contributed by atoms with E-state index in [1.165, 1.54) is 24.5 Å². The van der Waals surface area contributed by atoms with E-state index in [1.54, 1.807) is 6.07 Å². The zero-order chi connectivity index (χ0) is 12.4. The molecule has 1 aliphatic heterocycles. The zero-order valence-electron chi connectivity index (χ0n) is 8.90. The lowest BCUT2D eigenvalue weighted by atomic mass is 10.4. The average Bonchev–Trinajstić information content (AvgIpc) is 2.77.